The van der Waals surface area contributed by atoms with Crippen LogP contribution in [-0.2, 0) is 4.79 Å². The second-order valence-corrected chi connectivity index (χ2v) is 2.52. The van der Waals surface area contributed by atoms with Crippen LogP contribution in [0.2, 0.25) is 0 Å². The molecular formula is C8H16N2O2. The fourth-order valence-corrected chi connectivity index (χ4v) is 0.115. The second kappa shape index (κ2) is 8.02. The Balaban J connectivity index is 0. The number of carboxylic acid groups (broad SMARTS) is 1. The van der Waals surface area contributed by atoms with Crippen molar-refractivity contribution in [3.63, 3.8) is 0 Å². The van der Waals surface area contributed by atoms with Gasteiger partial charge in [-0.25, -0.2) is 0 Å². The van der Waals surface area contributed by atoms with Crippen molar-refractivity contribution in [2.75, 3.05) is 14.1 Å². The minimum Gasteiger partial charge on any atom is -0.481 e. The third kappa shape index (κ3) is 11.7. The lowest BCUT2D eigenvalue weighted by Crippen LogP contribution is -2.22. The molecule has 0 amide bonds. The van der Waals surface area contributed by atoms with Gasteiger partial charge in [-0.2, -0.15) is 5.26 Å². The first-order valence-corrected chi connectivity index (χ1v) is 3.73. The van der Waals surface area contributed by atoms with E-state index >= 15 is 0 Å². The summed E-state index contributed by atoms with van der Waals surface area (Å²) in [5.74, 6) is -0.745. The summed E-state index contributed by atoms with van der Waals surface area (Å²) in [4.78, 5) is 11.2. The fourth-order valence-electron chi connectivity index (χ4n) is 0.115. The molecule has 0 aliphatic heterocycles. The summed E-state index contributed by atoms with van der Waals surface area (Å²) in [6.07, 6.45) is 0.222. The van der Waals surface area contributed by atoms with E-state index in [1.165, 1.54) is 0 Å². The number of carbonyl (C=O) groups is 1. The molecule has 0 heterocycles. The Morgan fingerprint density at radius 2 is 2.00 bits per heavy atom. The van der Waals surface area contributed by atoms with Gasteiger partial charge in [-0.15, -0.1) is 0 Å². The van der Waals surface area contributed by atoms with Gasteiger partial charge in [0, 0.05) is 6.42 Å². The highest BCUT2D eigenvalue weighted by atomic mass is 16.4. The van der Waals surface area contributed by atoms with E-state index in [4.69, 9.17) is 10.4 Å². The van der Waals surface area contributed by atoms with Crippen molar-refractivity contribution >= 4 is 5.97 Å². The molecule has 4 nitrogen and oxygen atoms in total. The number of rotatable bonds is 2. The van der Waals surface area contributed by atoms with Crippen LogP contribution in [-0.4, -0.2) is 36.1 Å². The average molecular weight is 172 g/mol. The molecule has 0 aliphatic rings. The van der Waals surface area contributed by atoms with E-state index in [2.05, 4.69) is 6.07 Å². The van der Waals surface area contributed by atoms with Crippen LogP contribution in [0.1, 0.15) is 20.3 Å². The molecule has 0 aliphatic carbocycles. The van der Waals surface area contributed by atoms with Crippen LogP contribution in [0.5, 0.6) is 0 Å². The van der Waals surface area contributed by atoms with Crippen molar-refractivity contribution in [2.45, 2.75) is 26.3 Å². The van der Waals surface area contributed by atoms with Crippen molar-refractivity contribution in [2.24, 2.45) is 0 Å². The summed E-state index contributed by atoms with van der Waals surface area (Å²) < 4.78 is 0. The lowest BCUT2D eigenvalue weighted by molar-refractivity contribution is -0.136. The van der Waals surface area contributed by atoms with E-state index in [1.54, 1.807) is 6.92 Å². The molecule has 1 unspecified atom stereocenters. The van der Waals surface area contributed by atoms with Gasteiger partial charge >= 0.3 is 5.97 Å². The lowest BCUT2D eigenvalue weighted by atomic mass is 10.4. The Kier molecular flexibility index (Phi) is 9.03. The summed E-state index contributed by atoms with van der Waals surface area (Å²) >= 11 is 0. The molecule has 0 radical (unpaired) electrons. The van der Waals surface area contributed by atoms with E-state index in [9.17, 15) is 4.79 Å². The van der Waals surface area contributed by atoms with E-state index in [1.807, 2.05) is 25.9 Å². The number of hydrogen-bond donors (Lipinski definition) is 1. The average Bonchev–Trinajstić information content (AvgIpc) is 2.04. The van der Waals surface area contributed by atoms with Gasteiger partial charge in [0.2, 0.25) is 0 Å². The number of nitrogens with zero attached hydrogens (tertiary/aromatic N) is 2. The molecule has 0 aromatic carbocycles. The zero-order chi connectivity index (χ0) is 10.1. The van der Waals surface area contributed by atoms with Gasteiger partial charge in [0.05, 0.1) is 12.1 Å². The number of aliphatic carboxylic acids is 1. The third-order valence-electron chi connectivity index (χ3n) is 1.26. The maximum absolute atomic E-state index is 9.37. The van der Waals surface area contributed by atoms with Gasteiger partial charge in [-0.05, 0) is 21.0 Å². The summed E-state index contributed by atoms with van der Waals surface area (Å²) in [6.45, 7) is 3.46. The Hall–Kier alpha value is -1.08. The molecule has 1 N–H and O–H groups in total. The van der Waals surface area contributed by atoms with E-state index < -0.39 is 5.97 Å². The monoisotopic (exact) mass is 172 g/mol. The molecule has 0 saturated heterocycles. The lowest BCUT2D eigenvalue weighted by Gasteiger charge is -2.09. The highest BCUT2D eigenvalue weighted by Crippen LogP contribution is 1.84. The highest BCUT2D eigenvalue weighted by molar-refractivity contribution is 5.66. The van der Waals surface area contributed by atoms with Gasteiger partial charge < -0.3 is 5.11 Å². The van der Waals surface area contributed by atoms with E-state index in [-0.39, 0.29) is 12.5 Å². The maximum atomic E-state index is 9.37. The summed E-state index contributed by atoms with van der Waals surface area (Å²) in [5, 5.41) is 15.9. The summed E-state index contributed by atoms with van der Waals surface area (Å²) in [6, 6.07) is 2.13. The van der Waals surface area contributed by atoms with Crippen LogP contribution in [0.4, 0.5) is 0 Å². The molecule has 0 saturated carbocycles. The first-order valence-electron chi connectivity index (χ1n) is 3.73. The minimum atomic E-state index is -0.745. The summed E-state index contributed by atoms with van der Waals surface area (Å²) in [7, 11) is 3.77. The maximum Gasteiger partial charge on any atom is 0.303 e. The van der Waals surface area contributed by atoms with Gasteiger partial charge in [0.1, 0.15) is 0 Å². The quantitative estimate of drug-likeness (QED) is 0.673. The van der Waals surface area contributed by atoms with E-state index in [0.29, 0.717) is 0 Å². The SMILES string of the molecule is CC(C#N)N(C)C.CCC(=O)O. The number of hydrogen-bond acceptors (Lipinski definition) is 3. The first-order chi connectivity index (χ1) is 5.45. The van der Waals surface area contributed by atoms with Crippen LogP contribution < -0.4 is 0 Å². The van der Waals surface area contributed by atoms with Crippen LogP contribution in [0.3, 0.4) is 0 Å². The number of nitriles is 1. The molecule has 0 bridgehead atoms. The molecule has 4 heteroatoms. The fraction of sp³-hybridized carbons (Fsp3) is 0.750. The second-order valence-electron chi connectivity index (χ2n) is 2.52. The standard InChI is InChI=1S/C5H10N2.C3H6O2/c1-5(4-6)7(2)3;1-2-3(4)5/h5H,1-3H3;2H2,1H3,(H,4,5). The topological polar surface area (TPSA) is 64.3 Å². The van der Waals surface area contributed by atoms with Gasteiger partial charge in [0.25, 0.3) is 0 Å². The Morgan fingerprint density at radius 1 is 1.67 bits per heavy atom. The predicted octanol–water partition coefficient (Wildman–Crippen LogP) is 0.941. The Bertz CT molecular complexity index is 161. The van der Waals surface area contributed by atoms with E-state index in [0.717, 1.165) is 0 Å². The van der Waals surface area contributed by atoms with Crippen LogP contribution in [0, 0.1) is 11.3 Å². The zero-order valence-electron chi connectivity index (χ0n) is 8.03. The van der Waals surface area contributed by atoms with Crippen molar-refractivity contribution in [1.29, 1.82) is 5.26 Å². The molecule has 0 aromatic heterocycles. The molecular weight excluding hydrogens is 156 g/mol. The Labute approximate surface area is 73.4 Å². The van der Waals surface area contributed by atoms with Crippen molar-refractivity contribution in [3.8, 4) is 6.07 Å². The third-order valence-corrected chi connectivity index (χ3v) is 1.26. The minimum absolute atomic E-state index is 0.0417. The highest BCUT2D eigenvalue weighted by Gasteiger charge is 1.97. The summed E-state index contributed by atoms with van der Waals surface area (Å²) in [5.41, 5.74) is 0. The molecule has 0 spiro atoms. The van der Waals surface area contributed by atoms with Gasteiger partial charge in [-0.3, -0.25) is 9.69 Å². The molecule has 12 heavy (non-hydrogen) atoms. The predicted molar refractivity (Wildman–Crippen MR) is 46.7 cm³/mol. The van der Waals surface area contributed by atoms with Crippen LogP contribution in [0.25, 0.3) is 0 Å². The molecule has 1 atom stereocenters. The van der Waals surface area contributed by atoms with Gasteiger partial charge in [0.15, 0.2) is 0 Å². The first kappa shape index (κ1) is 13.5. The van der Waals surface area contributed by atoms with Gasteiger partial charge in [-0.1, -0.05) is 6.92 Å². The Morgan fingerprint density at radius 3 is 2.00 bits per heavy atom. The molecule has 0 aromatic rings. The molecule has 0 rings (SSSR count). The zero-order valence-corrected chi connectivity index (χ0v) is 8.03. The normalized spacial score (nSPS) is 11.0. The van der Waals surface area contributed by atoms with Crippen LogP contribution in [0.15, 0.2) is 0 Å². The number of carboxylic acids is 1. The largest absolute Gasteiger partial charge is 0.481 e. The van der Waals surface area contributed by atoms with Crippen molar-refractivity contribution in [3.05, 3.63) is 0 Å². The smallest absolute Gasteiger partial charge is 0.303 e. The van der Waals surface area contributed by atoms with Crippen molar-refractivity contribution in [1.82, 2.24) is 4.90 Å². The molecule has 0 fully saturated rings. The van der Waals surface area contributed by atoms with Crippen molar-refractivity contribution < 1.29 is 9.90 Å². The van der Waals surface area contributed by atoms with Crippen LogP contribution >= 0.6 is 0 Å². The molecule has 70 valence electrons.